The number of fused-ring (bicyclic) bond motifs is 7. The van der Waals surface area contributed by atoms with Gasteiger partial charge in [-0.15, -0.1) is 0 Å². The zero-order valence-corrected chi connectivity index (χ0v) is 22.7. The van der Waals surface area contributed by atoms with Crippen LogP contribution in [-0.4, -0.2) is 9.55 Å². The normalized spacial score (nSPS) is 11.8. The maximum absolute atomic E-state index is 6.56. The molecule has 0 spiro atoms. The number of nitrogens with zero attached hydrogens (tertiary/aromatic N) is 2. The summed E-state index contributed by atoms with van der Waals surface area (Å²) < 4.78 is 8.92. The first-order valence-electron chi connectivity index (χ1n) is 14.2. The Labute approximate surface area is 241 Å². The molecule has 9 rings (SSSR count). The third-order valence-electron chi connectivity index (χ3n) is 8.40. The molecule has 0 aliphatic rings. The minimum Gasteiger partial charge on any atom is -0.455 e. The summed E-state index contributed by atoms with van der Waals surface area (Å²) in [6.45, 7) is 0. The van der Waals surface area contributed by atoms with Gasteiger partial charge in [-0.05, 0) is 34.5 Å². The Hall–Kier alpha value is -5.67. The molecular formula is C39H24N2O. The van der Waals surface area contributed by atoms with Crippen LogP contribution >= 0.6 is 0 Å². The van der Waals surface area contributed by atoms with Crippen LogP contribution in [0, 0.1) is 0 Å². The molecule has 2 aromatic heterocycles. The molecule has 0 radical (unpaired) electrons. The molecule has 196 valence electrons. The fourth-order valence-electron chi connectivity index (χ4n) is 6.49. The third kappa shape index (κ3) is 3.31. The number of hydrogen-bond acceptors (Lipinski definition) is 2. The molecule has 0 aliphatic heterocycles. The lowest BCUT2D eigenvalue weighted by Crippen LogP contribution is -2.02. The van der Waals surface area contributed by atoms with Crippen molar-refractivity contribution in [1.29, 1.82) is 0 Å². The number of rotatable bonds is 3. The minimum atomic E-state index is 0.848. The van der Waals surface area contributed by atoms with Gasteiger partial charge in [0, 0.05) is 27.1 Å². The monoisotopic (exact) mass is 536 g/mol. The number of imidazole rings is 1. The maximum Gasteiger partial charge on any atom is 0.149 e. The Morgan fingerprint density at radius 1 is 0.476 bits per heavy atom. The van der Waals surface area contributed by atoms with Gasteiger partial charge in [-0.1, -0.05) is 127 Å². The van der Waals surface area contributed by atoms with Crippen molar-refractivity contribution in [3.63, 3.8) is 0 Å². The van der Waals surface area contributed by atoms with E-state index < -0.39 is 0 Å². The lowest BCUT2D eigenvalue weighted by Gasteiger charge is -2.18. The van der Waals surface area contributed by atoms with E-state index in [9.17, 15) is 0 Å². The Bertz CT molecular complexity index is 2470. The van der Waals surface area contributed by atoms with Crippen molar-refractivity contribution in [3.8, 4) is 28.2 Å². The summed E-state index contributed by atoms with van der Waals surface area (Å²) in [5.41, 5.74) is 8.16. The predicted octanol–water partition coefficient (Wildman–Crippen LogP) is 10.6. The first-order chi connectivity index (χ1) is 20.8. The number of aromatic nitrogens is 2. The predicted molar refractivity (Wildman–Crippen MR) is 174 cm³/mol. The van der Waals surface area contributed by atoms with Crippen molar-refractivity contribution in [2.45, 2.75) is 0 Å². The van der Waals surface area contributed by atoms with Crippen LogP contribution in [0.3, 0.4) is 0 Å². The molecule has 2 heterocycles. The molecule has 0 atom stereocenters. The molecule has 3 heteroatoms. The van der Waals surface area contributed by atoms with Crippen LogP contribution in [0.2, 0.25) is 0 Å². The standard InChI is InChI=1S/C39H24N2O/c1-2-11-25(12-3-1)30-23-21-27-14-5-7-16-29(27)37(30)41-34-24-22-26-13-4-6-15-28(26)36(34)40-39(41)33-19-10-18-32-31-17-8-9-20-35(31)42-38(32)33/h1-24H. The van der Waals surface area contributed by atoms with Crippen molar-refractivity contribution in [3.05, 3.63) is 146 Å². The largest absolute Gasteiger partial charge is 0.455 e. The summed E-state index contributed by atoms with van der Waals surface area (Å²) >= 11 is 0. The van der Waals surface area contributed by atoms with Crippen LogP contribution in [0.15, 0.2) is 150 Å². The Morgan fingerprint density at radius 3 is 2.00 bits per heavy atom. The molecule has 0 N–H and O–H groups in total. The van der Waals surface area contributed by atoms with Gasteiger partial charge in [0.15, 0.2) is 0 Å². The van der Waals surface area contributed by atoms with Crippen molar-refractivity contribution in [2.75, 3.05) is 0 Å². The van der Waals surface area contributed by atoms with E-state index in [1.54, 1.807) is 0 Å². The fourth-order valence-corrected chi connectivity index (χ4v) is 6.49. The summed E-state index contributed by atoms with van der Waals surface area (Å²) in [5.74, 6) is 0.861. The number of para-hydroxylation sites is 2. The molecular weight excluding hydrogens is 512 g/mol. The fraction of sp³-hybridized carbons (Fsp3) is 0. The van der Waals surface area contributed by atoms with E-state index >= 15 is 0 Å². The number of benzene rings is 7. The Morgan fingerprint density at radius 2 is 1.14 bits per heavy atom. The van der Waals surface area contributed by atoms with Crippen LogP contribution in [-0.2, 0) is 0 Å². The molecule has 0 amide bonds. The van der Waals surface area contributed by atoms with Crippen LogP contribution < -0.4 is 0 Å². The van der Waals surface area contributed by atoms with Crippen LogP contribution in [0.5, 0.6) is 0 Å². The molecule has 0 fully saturated rings. The highest BCUT2D eigenvalue weighted by Crippen LogP contribution is 2.42. The first kappa shape index (κ1) is 23.1. The van der Waals surface area contributed by atoms with Gasteiger partial charge < -0.3 is 4.42 Å². The zero-order valence-electron chi connectivity index (χ0n) is 22.7. The second-order valence-corrected chi connectivity index (χ2v) is 10.8. The van der Waals surface area contributed by atoms with Gasteiger partial charge in [-0.3, -0.25) is 4.57 Å². The highest BCUT2D eigenvalue weighted by atomic mass is 16.3. The van der Waals surface area contributed by atoms with E-state index in [4.69, 9.17) is 9.40 Å². The summed E-state index contributed by atoms with van der Waals surface area (Å²) in [6.07, 6.45) is 0. The minimum absolute atomic E-state index is 0.848. The Balaban J connectivity index is 1.49. The van der Waals surface area contributed by atoms with Crippen LogP contribution in [0.25, 0.3) is 82.7 Å². The van der Waals surface area contributed by atoms with E-state index in [0.29, 0.717) is 0 Å². The molecule has 0 unspecified atom stereocenters. The molecule has 7 aromatic carbocycles. The van der Waals surface area contributed by atoms with Crippen molar-refractivity contribution in [1.82, 2.24) is 9.55 Å². The van der Waals surface area contributed by atoms with E-state index in [0.717, 1.165) is 66.6 Å². The van der Waals surface area contributed by atoms with Crippen LogP contribution in [0.1, 0.15) is 0 Å². The van der Waals surface area contributed by atoms with Gasteiger partial charge in [0.05, 0.1) is 22.3 Å². The van der Waals surface area contributed by atoms with Crippen molar-refractivity contribution >= 4 is 54.5 Å². The van der Waals surface area contributed by atoms with Gasteiger partial charge in [0.1, 0.15) is 17.0 Å². The third-order valence-corrected chi connectivity index (χ3v) is 8.40. The van der Waals surface area contributed by atoms with E-state index in [2.05, 4.69) is 138 Å². The molecule has 0 saturated heterocycles. The first-order valence-corrected chi connectivity index (χ1v) is 14.2. The number of hydrogen-bond donors (Lipinski definition) is 0. The molecule has 42 heavy (non-hydrogen) atoms. The van der Waals surface area contributed by atoms with E-state index in [-0.39, 0.29) is 0 Å². The molecule has 0 saturated carbocycles. The van der Waals surface area contributed by atoms with Gasteiger partial charge in [0.25, 0.3) is 0 Å². The summed E-state index contributed by atoms with van der Waals surface area (Å²) in [6, 6.07) is 51.3. The molecule has 9 aromatic rings. The highest BCUT2D eigenvalue weighted by molar-refractivity contribution is 6.12. The van der Waals surface area contributed by atoms with Crippen molar-refractivity contribution in [2.24, 2.45) is 0 Å². The van der Waals surface area contributed by atoms with Crippen LogP contribution in [0.4, 0.5) is 0 Å². The molecule has 0 bridgehead atoms. The second-order valence-electron chi connectivity index (χ2n) is 10.8. The zero-order chi connectivity index (χ0) is 27.6. The van der Waals surface area contributed by atoms with Gasteiger partial charge in [-0.25, -0.2) is 4.98 Å². The maximum atomic E-state index is 6.56. The average molecular weight is 537 g/mol. The SMILES string of the molecule is c1ccc(-c2ccc3ccccc3c2-n2c(-c3cccc4c3oc3ccccc34)nc3c4ccccc4ccc32)cc1. The summed E-state index contributed by atoms with van der Waals surface area (Å²) in [5, 5.41) is 6.86. The average Bonchev–Trinajstić information content (AvgIpc) is 3.63. The quantitative estimate of drug-likeness (QED) is 0.225. The molecule has 3 nitrogen and oxygen atoms in total. The summed E-state index contributed by atoms with van der Waals surface area (Å²) in [4.78, 5) is 5.45. The van der Waals surface area contributed by atoms with Crippen molar-refractivity contribution < 1.29 is 4.42 Å². The van der Waals surface area contributed by atoms with Gasteiger partial charge >= 0.3 is 0 Å². The Kier molecular flexibility index (Phi) is 4.90. The summed E-state index contributed by atoms with van der Waals surface area (Å²) in [7, 11) is 0. The molecule has 0 aliphatic carbocycles. The van der Waals surface area contributed by atoms with Gasteiger partial charge in [-0.2, -0.15) is 0 Å². The highest BCUT2D eigenvalue weighted by Gasteiger charge is 2.23. The van der Waals surface area contributed by atoms with Gasteiger partial charge in [0.2, 0.25) is 0 Å². The lowest BCUT2D eigenvalue weighted by molar-refractivity contribution is 0.669. The second kappa shape index (κ2) is 8.92. The topological polar surface area (TPSA) is 31.0 Å². The van der Waals surface area contributed by atoms with E-state index in [1.165, 1.54) is 16.2 Å². The number of furan rings is 1. The van der Waals surface area contributed by atoms with E-state index in [1.807, 2.05) is 12.1 Å². The smallest absolute Gasteiger partial charge is 0.149 e. The lowest BCUT2D eigenvalue weighted by atomic mass is 9.97.